The van der Waals surface area contributed by atoms with E-state index in [9.17, 15) is 13.6 Å². The van der Waals surface area contributed by atoms with Gasteiger partial charge in [0.1, 0.15) is 12.1 Å². The molecule has 3 heterocycles. The van der Waals surface area contributed by atoms with Gasteiger partial charge < -0.3 is 14.8 Å². The van der Waals surface area contributed by atoms with E-state index in [1.165, 1.54) is 18.4 Å². The highest BCUT2D eigenvalue weighted by Crippen LogP contribution is 2.39. The molecule has 0 saturated carbocycles. The minimum atomic E-state index is -3.38. The van der Waals surface area contributed by atoms with Gasteiger partial charge in [-0.15, -0.1) is 11.3 Å². The summed E-state index contributed by atoms with van der Waals surface area (Å²) in [5.41, 5.74) is 0.788. The number of rotatable bonds is 5. The lowest BCUT2D eigenvalue weighted by atomic mass is 9.95. The Kier molecular flexibility index (Phi) is 4.47. The van der Waals surface area contributed by atoms with Crippen LogP contribution in [0, 0.1) is 12.5 Å². The van der Waals surface area contributed by atoms with Crippen LogP contribution in [0.3, 0.4) is 0 Å². The van der Waals surface area contributed by atoms with Crippen LogP contribution in [0.5, 0.6) is 11.6 Å². The molecule has 9 heteroatoms. The number of thiophene rings is 1. The van der Waals surface area contributed by atoms with Crippen molar-refractivity contribution < 1.29 is 23.0 Å². The van der Waals surface area contributed by atoms with Gasteiger partial charge in [-0.2, -0.15) is 8.78 Å². The van der Waals surface area contributed by atoms with Gasteiger partial charge in [0.15, 0.2) is 5.75 Å². The number of halogens is 2. The van der Waals surface area contributed by atoms with Crippen LogP contribution in [-0.2, 0) is 4.79 Å². The van der Waals surface area contributed by atoms with Crippen molar-refractivity contribution in [1.29, 1.82) is 0 Å². The molecule has 1 saturated heterocycles. The van der Waals surface area contributed by atoms with E-state index in [1.807, 2.05) is 0 Å². The summed E-state index contributed by atoms with van der Waals surface area (Å²) in [5, 5.41) is 4.00. The van der Waals surface area contributed by atoms with Crippen molar-refractivity contribution in [3.8, 4) is 11.6 Å². The Bertz CT molecular complexity index is 862. The van der Waals surface area contributed by atoms with Gasteiger partial charge in [0.2, 0.25) is 11.6 Å². The number of hydrogen-bond donors (Lipinski definition) is 1. The topological polar surface area (TPSA) is 64.8 Å². The normalized spacial score (nSPS) is 21.8. The predicted molar refractivity (Wildman–Crippen MR) is 88.6 cm³/mol. The maximum atomic E-state index is 13.8. The Morgan fingerprint density at radius 2 is 2.28 bits per heavy atom. The standard InChI is InChI=1S/C16H15F2N3O3S/c1-4-8-10(20-15(22)16(8,17)18)6-24-11-7-25-12-5-9(19-2)14(23-3)21-13(11)12/h5,7-8,10H,4,6H2,1,3H3,(H,20,22)/t8-,10+/m0/s1. The third-order valence-corrected chi connectivity index (χ3v) is 5.10. The number of fused-ring (bicyclic) bond motifs is 1. The molecule has 1 fully saturated rings. The number of carbonyl (C=O) groups excluding carboxylic acids is 1. The summed E-state index contributed by atoms with van der Waals surface area (Å²) in [6.45, 7) is 8.66. The maximum absolute atomic E-state index is 13.8. The first-order chi connectivity index (χ1) is 11.9. The first kappa shape index (κ1) is 17.4. The van der Waals surface area contributed by atoms with Crippen LogP contribution in [0.1, 0.15) is 13.3 Å². The van der Waals surface area contributed by atoms with Gasteiger partial charge in [-0.05, 0) is 12.5 Å². The molecule has 0 bridgehead atoms. The van der Waals surface area contributed by atoms with E-state index in [4.69, 9.17) is 16.0 Å². The van der Waals surface area contributed by atoms with Gasteiger partial charge in [-0.3, -0.25) is 4.79 Å². The smallest absolute Gasteiger partial charge is 0.329 e. The number of nitrogens with zero attached hydrogens (tertiary/aromatic N) is 2. The van der Waals surface area contributed by atoms with Gasteiger partial charge in [0.25, 0.3) is 5.91 Å². The van der Waals surface area contributed by atoms with Gasteiger partial charge in [-0.25, -0.2) is 9.83 Å². The number of nitrogens with one attached hydrogen (secondary N) is 1. The third-order valence-electron chi connectivity index (χ3n) is 4.20. The average molecular weight is 367 g/mol. The van der Waals surface area contributed by atoms with E-state index in [-0.39, 0.29) is 24.6 Å². The lowest BCUT2D eigenvalue weighted by Crippen LogP contribution is -2.35. The van der Waals surface area contributed by atoms with Crippen LogP contribution in [0.25, 0.3) is 15.1 Å². The van der Waals surface area contributed by atoms with Crippen molar-refractivity contribution in [2.24, 2.45) is 5.92 Å². The molecule has 2 atom stereocenters. The highest BCUT2D eigenvalue weighted by molar-refractivity contribution is 7.17. The number of ether oxygens (including phenoxy) is 2. The van der Waals surface area contributed by atoms with Crippen molar-refractivity contribution in [3.63, 3.8) is 0 Å². The summed E-state index contributed by atoms with van der Waals surface area (Å²) in [5.74, 6) is -5.16. The first-order valence-electron chi connectivity index (χ1n) is 7.57. The van der Waals surface area contributed by atoms with Gasteiger partial charge in [0.05, 0.1) is 25.6 Å². The van der Waals surface area contributed by atoms with Crippen molar-refractivity contribution in [2.75, 3.05) is 13.7 Å². The Labute approximate surface area is 146 Å². The molecule has 1 N–H and O–H groups in total. The first-order valence-corrected chi connectivity index (χ1v) is 8.45. The predicted octanol–water partition coefficient (Wildman–Crippen LogP) is 3.39. The highest BCUT2D eigenvalue weighted by Gasteiger charge is 2.56. The SMILES string of the molecule is [C-]#[N+]c1cc2scc(OC[C@H]3NC(=O)C(F)(F)[C@H]3CC)c2nc1OC. The Morgan fingerprint density at radius 1 is 1.52 bits per heavy atom. The largest absolute Gasteiger partial charge is 0.490 e. The van der Waals surface area contributed by atoms with Crippen LogP contribution < -0.4 is 14.8 Å². The molecule has 0 unspecified atom stereocenters. The molecular formula is C16H15F2N3O3S. The zero-order chi connectivity index (χ0) is 18.2. The van der Waals surface area contributed by atoms with Crippen LogP contribution in [0.4, 0.5) is 14.5 Å². The van der Waals surface area contributed by atoms with E-state index in [2.05, 4.69) is 15.1 Å². The number of aromatic nitrogens is 1. The van der Waals surface area contributed by atoms with Crippen molar-refractivity contribution in [1.82, 2.24) is 10.3 Å². The maximum Gasteiger partial charge on any atom is 0.329 e. The summed E-state index contributed by atoms with van der Waals surface area (Å²) in [6.07, 6.45) is 0.157. The van der Waals surface area contributed by atoms with Crippen LogP contribution >= 0.6 is 11.3 Å². The second-order valence-corrected chi connectivity index (χ2v) is 6.52. The second kappa shape index (κ2) is 6.44. The second-order valence-electron chi connectivity index (χ2n) is 5.60. The zero-order valence-corrected chi connectivity index (χ0v) is 14.3. The Balaban J connectivity index is 1.82. The monoisotopic (exact) mass is 367 g/mol. The molecule has 1 amide bonds. The van der Waals surface area contributed by atoms with Gasteiger partial charge >= 0.3 is 5.92 Å². The van der Waals surface area contributed by atoms with Crippen molar-refractivity contribution in [2.45, 2.75) is 25.3 Å². The molecule has 2 aromatic rings. The fourth-order valence-electron chi connectivity index (χ4n) is 2.90. The summed E-state index contributed by atoms with van der Waals surface area (Å²) in [7, 11) is 1.41. The number of pyridine rings is 1. The number of alkyl halides is 2. The van der Waals surface area contributed by atoms with Crippen LogP contribution in [-0.4, -0.2) is 36.6 Å². The number of amides is 1. The molecule has 6 nitrogen and oxygen atoms in total. The van der Waals surface area contributed by atoms with Gasteiger partial charge in [-0.1, -0.05) is 6.92 Å². The minimum Gasteiger partial charge on any atom is -0.490 e. The summed E-state index contributed by atoms with van der Waals surface area (Å²) in [6, 6.07) is 0.873. The molecule has 1 aliphatic heterocycles. The summed E-state index contributed by atoms with van der Waals surface area (Å²) >= 11 is 1.33. The van der Waals surface area contributed by atoms with E-state index < -0.39 is 23.8 Å². The van der Waals surface area contributed by atoms with E-state index in [1.54, 1.807) is 18.4 Å². The molecule has 2 aromatic heterocycles. The Hall–Kier alpha value is -2.47. The lowest BCUT2D eigenvalue weighted by Gasteiger charge is -2.20. The third kappa shape index (κ3) is 2.87. The highest BCUT2D eigenvalue weighted by atomic mass is 32.1. The molecule has 0 aliphatic carbocycles. The number of carbonyl (C=O) groups is 1. The fraction of sp³-hybridized carbons (Fsp3) is 0.438. The van der Waals surface area contributed by atoms with Crippen molar-refractivity contribution in [3.05, 3.63) is 22.9 Å². The zero-order valence-electron chi connectivity index (χ0n) is 13.5. The number of hydrogen-bond acceptors (Lipinski definition) is 5. The van der Waals surface area contributed by atoms with E-state index in [0.29, 0.717) is 11.3 Å². The minimum absolute atomic E-state index is 0.0831. The lowest BCUT2D eigenvalue weighted by molar-refractivity contribution is -0.144. The quantitative estimate of drug-likeness (QED) is 0.823. The van der Waals surface area contributed by atoms with E-state index >= 15 is 0 Å². The molecule has 132 valence electrons. The average Bonchev–Trinajstić information content (AvgIpc) is 3.09. The van der Waals surface area contributed by atoms with Crippen LogP contribution in [0.2, 0.25) is 0 Å². The molecule has 0 aromatic carbocycles. The summed E-state index contributed by atoms with van der Waals surface area (Å²) in [4.78, 5) is 19.1. The molecule has 25 heavy (non-hydrogen) atoms. The summed E-state index contributed by atoms with van der Waals surface area (Å²) < 4.78 is 39.1. The molecule has 0 spiro atoms. The number of methoxy groups -OCH3 is 1. The van der Waals surface area contributed by atoms with Crippen LogP contribution in [0.15, 0.2) is 11.4 Å². The molecule has 0 radical (unpaired) electrons. The van der Waals surface area contributed by atoms with Gasteiger partial charge in [0, 0.05) is 10.1 Å². The van der Waals surface area contributed by atoms with Crippen molar-refractivity contribution >= 4 is 33.1 Å². The fourth-order valence-corrected chi connectivity index (χ4v) is 3.76. The molecule has 3 rings (SSSR count). The molecular weight excluding hydrogens is 352 g/mol. The molecule has 1 aliphatic rings. The van der Waals surface area contributed by atoms with E-state index in [0.717, 1.165) is 4.70 Å². The Morgan fingerprint density at radius 3 is 2.92 bits per heavy atom.